The van der Waals surface area contributed by atoms with Gasteiger partial charge in [0.15, 0.2) is 0 Å². The molecule has 9 atom stereocenters. The van der Waals surface area contributed by atoms with E-state index in [0.717, 1.165) is 36.7 Å². The highest BCUT2D eigenvalue weighted by molar-refractivity contribution is 5.70. The number of hydrogen-bond donors (Lipinski definition) is 0. The quantitative estimate of drug-likeness (QED) is 0.309. The Labute approximate surface area is 181 Å². The molecule has 3 nitrogen and oxygen atoms in total. The zero-order chi connectivity index (χ0) is 21.1. The Balaban J connectivity index is 0.00000256. The Bertz CT molecular complexity index is 770. The second-order valence-corrected chi connectivity index (χ2v) is 10.4. The Hall–Kier alpha value is -1.45. The average molecular weight is 419 g/mol. The van der Waals surface area contributed by atoms with Crippen molar-refractivity contribution in [2.75, 3.05) is 0 Å². The third-order valence-electron chi connectivity index (χ3n) is 8.78. The molecule has 3 fully saturated rings. The molecule has 4 aliphatic rings. The first kappa shape index (κ1) is 23.2. The predicted octanol–water partition coefficient (Wildman–Crippen LogP) is 6.08. The number of hydrogen-bond acceptors (Lipinski definition) is 3. The SMILES string of the molecule is C.CCCC1(C)/C(=C\C=O)C(C)=CC2C1C(F)CC1(C)C(OC(=O)CC)C3CC3C21. The number of aldehydes is 1. The Kier molecular flexibility index (Phi) is 6.12. The summed E-state index contributed by atoms with van der Waals surface area (Å²) in [4.78, 5) is 23.5. The molecule has 4 heteroatoms. The minimum absolute atomic E-state index is 0. The van der Waals surface area contributed by atoms with Gasteiger partial charge in [0.25, 0.3) is 0 Å². The molecule has 0 aromatic rings. The topological polar surface area (TPSA) is 43.4 Å². The van der Waals surface area contributed by atoms with Crippen LogP contribution in [0.2, 0.25) is 0 Å². The number of allylic oxidation sites excluding steroid dienone is 4. The standard InChI is InChI=1S/C25H35FO3.CH4/c1-6-9-24(4)18(8-10-27)14(3)11-17-21-15-12-16(15)23(29-20(28)7-2)25(21,5)13-19(26)22(17)24;/h8,10-11,15-17,19,21-23H,6-7,9,12-13H2,1-5H3;1H4/b18-8-;. The van der Waals surface area contributed by atoms with Crippen molar-refractivity contribution in [3.63, 3.8) is 0 Å². The molecule has 0 heterocycles. The van der Waals surface area contributed by atoms with Crippen LogP contribution >= 0.6 is 0 Å². The average Bonchev–Trinajstić information content (AvgIpc) is 3.37. The van der Waals surface area contributed by atoms with Gasteiger partial charge in [-0.05, 0) is 66.9 Å². The maximum Gasteiger partial charge on any atom is 0.305 e. The van der Waals surface area contributed by atoms with Crippen molar-refractivity contribution >= 4 is 12.3 Å². The molecule has 4 aliphatic carbocycles. The summed E-state index contributed by atoms with van der Waals surface area (Å²) in [5.74, 6) is 1.14. The number of halogens is 1. The van der Waals surface area contributed by atoms with E-state index in [1.54, 1.807) is 6.08 Å². The van der Waals surface area contributed by atoms with Gasteiger partial charge in [0, 0.05) is 17.8 Å². The fraction of sp³-hybridized carbons (Fsp3) is 0.769. The second-order valence-electron chi connectivity index (χ2n) is 10.4. The summed E-state index contributed by atoms with van der Waals surface area (Å²) in [7, 11) is 0. The first-order chi connectivity index (χ1) is 13.7. The summed E-state index contributed by atoms with van der Waals surface area (Å²) in [6.07, 6.45) is 7.42. The molecule has 9 unspecified atom stereocenters. The molecule has 0 N–H and O–H groups in total. The van der Waals surface area contributed by atoms with Crippen molar-refractivity contribution < 1.29 is 18.7 Å². The van der Waals surface area contributed by atoms with Gasteiger partial charge >= 0.3 is 5.97 Å². The van der Waals surface area contributed by atoms with Crippen molar-refractivity contribution in [2.24, 2.45) is 40.4 Å². The number of alkyl halides is 1. The molecule has 0 bridgehead atoms. The van der Waals surface area contributed by atoms with E-state index in [2.05, 4.69) is 33.8 Å². The molecule has 3 saturated carbocycles. The maximum atomic E-state index is 16.0. The second kappa shape index (κ2) is 7.91. The van der Waals surface area contributed by atoms with E-state index in [9.17, 15) is 9.59 Å². The van der Waals surface area contributed by atoms with Gasteiger partial charge in [0.05, 0.1) is 0 Å². The van der Waals surface area contributed by atoms with Crippen LogP contribution in [0.4, 0.5) is 4.39 Å². The highest BCUT2D eigenvalue weighted by atomic mass is 19.1. The predicted molar refractivity (Wildman–Crippen MR) is 118 cm³/mol. The van der Waals surface area contributed by atoms with Gasteiger partial charge in [-0.3, -0.25) is 9.59 Å². The van der Waals surface area contributed by atoms with Gasteiger partial charge in [-0.1, -0.05) is 53.2 Å². The molecule has 0 amide bonds. The molecule has 0 spiro atoms. The normalized spacial score (nSPS) is 47.3. The monoisotopic (exact) mass is 418 g/mol. The molecular formula is C26H39FO3. The molecule has 0 aromatic carbocycles. The van der Waals surface area contributed by atoms with Gasteiger partial charge in [0.1, 0.15) is 18.6 Å². The van der Waals surface area contributed by atoms with Crippen molar-refractivity contribution in [2.45, 2.75) is 86.4 Å². The zero-order valence-corrected chi connectivity index (χ0v) is 18.4. The minimum atomic E-state index is -0.961. The van der Waals surface area contributed by atoms with Crippen molar-refractivity contribution in [3.8, 4) is 0 Å². The third-order valence-corrected chi connectivity index (χ3v) is 8.78. The van der Waals surface area contributed by atoms with Crippen LogP contribution in [0, 0.1) is 40.4 Å². The van der Waals surface area contributed by atoms with Crippen LogP contribution in [0.5, 0.6) is 0 Å². The lowest BCUT2D eigenvalue weighted by atomic mass is 9.47. The Morgan fingerprint density at radius 2 is 1.97 bits per heavy atom. The van der Waals surface area contributed by atoms with E-state index in [-0.39, 0.29) is 42.2 Å². The van der Waals surface area contributed by atoms with Crippen LogP contribution in [-0.2, 0) is 14.3 Å². The van der Waals surface area contributed by atoms with Crippen LogP contribution in [-0.4, -0.2) is 24.5 Å². The fourth-order valence-electron chi connectivity index (χ4n) is 7.85. The highest BCUT2D eigenvalue weighted by Gasteiger charge is 2.73. The summed E-state index contributed by atoms with van der Waals surface area (Å²) in [5, 5.41) is 0. The van der Waals surface area contributed by atoms with Crippen molar-refractivity contribution in [3.05, 3.63) is 23.3 Å². The van der Waals surface area contributed by atoms with Crippen molar-refractivity contribution in [1.82, 2.24) is 0 Å². The van der Waals surface area contributed by atoms with Gasteiger partial charge < -0.3 is 4.74 Å². The molecule has 0 aliphatic heterocycles. The molecular weight excluding hydrogens is 379 g/mol. The highest BCUT2D eigenvalue weighted by Crippen LogP contribution is 2.73. The van der Waals surface area contributed by atoms with Gasteiger partial charge in [-0.2, -0.15) is 0 Å². The molecule has 0 radical (unpaired) electrons. The van der Waals surface area contributed by atoms with Crippen molar-refractivity contribution in [1.29, 1.82) is 0 Å². The molecule has 0 aromatic heterocycles. The lowest BCUT2D eigenvalue weighted by Gasteiger charge is -2.58. The van der Waals surface area contributed by atoms with E-state index in [1.165, 1.54) is 0 Å². The summed E-state index contributed by atoms with van der Waals surface area (Å²) in [6, 6.07) is 0. The van der Waals surface area contributed by atoms with Gasteiger partial charge in [-0.25, -0.2) is 4.39 Å². The number of rotatable bonds is 5. The van der Waals surface area contributed by atoms with Gasteiger partial charge in [-0.15, -0.1) is 0 Å². The zero-order valence-electron chi connectivity index (χ0n) is 18.4. The van der Waals surface area contributed by atoms with E-state index in [0.29, 0.717) is 30.6 Å². The van der Waals surface area contributed by atoms with Crippen LogP contribution in [0.25, 0.3) is 0 Å². The first-order valence-corrected chi connectivity index (χ1v) is 11.4. The molecule has 4 rings (SSSR count). The Morgan fingerprint density at radius 1 is 1.27 bits per heavy atom. The number of ether oxygens (including phenoxy) is 1. The number of carbonyl (C=O) groups is 2. The maximum absolute atomic E-state index is 16.0. The molecule has 0 saturated heterocycles. The van der Waals surface area contributed by atoms with Gasteiger partial charge in [0.2, 0.25) is 0 Å². The summed E-state index contributed by atoms with van der Waals surface area (Å²) >= 11 is 0. The van der Waals surface area contributed by atoms with Crippen LogP contribution in [0.1, 0.15) is 74.1 Å². The fourth-order valence-corrected chi connectivity index (χ4v) is 7.85. The smallest absolute Gasteiger partial charge is 0.305 e. The Morgan fingerprint density at radius 3 is 2.57 bits per heavy atom. The van der Waals surface area contributed by atoms with Crippen LogP contribution in [0.15, 0.2) is 23.3 Å². The summed E-state index contributed by atoms with van der Waals surface area (Å²) in [5.41, 5.74) is 1.51. The number of esters is 1. The third kappa shape index (κ3) is 3.12. The first-order valence-electron chi connectivity index (χ1n) is 11.4. The van der Waals surface area contributed by atoms with E-state index < -0.39 is 6.17 Å². The molecule has 168 valence electrons. The lowest BCUT2D eigenvalue weighted by Crippen LogP contribution is -2.56. The molecule has 30 heavy (non-hydrogen) atoms. The van der Waals surface area contributed by atoms with E-state index in [4.69, 9.17) is 4.74 Å². The number of carbonyl (C=O) groups excluding carboxylic acids is 2. The lowest BCUT2D eigenvalue weighted by molar-refractivity contribution is -0.166. The van der Waals surface area contributed by atoms with Crippen LogP contribution in [0.3, 0.4) is 0 Å². The summed E-state index contributed by atoms with van der Waals surface area (Å²) < 4.78 is 21.9. The van der Waals surface area contributed by atoms with E-state index in [1.807, 2.05) is 6.92 Å². The van der Waals surface area contributed by atoms with Crippen LogP contribution < -0.4 is 0 Å². The minimum Gasteiger partial charge on any atom is -0.461 e. The largest absolute Gasteiger partial charge is 0.461 e. The summed E-state index contributed by atoms with van der Waals surface area (Å²) in [6.45, 7) is 10.4. The van der Waals surface area contributed by atoms with E-state index >= 15 is 4.39 Å². The number of fused-ring (bicyclic) bond motifs is 5.